The van der Waals surface area contributed by atoms with Crippen LogP contribution in [0.1, 0.15) is 30.6 Å². The number of rotatable bonds is 4. The number of carbonyl (C=O) groups excluding carboxylic acids is 1. The molecule has 0 aliphatic rings. The van der Waals surface area contributed by atoms with E-state index in [-0.39, 0.29) is 6.42 Å². The molecule has 0 bridgehead atoms. The lowest BCUT2D eigenvalue weighted by Gasteiger charge is -2.10. The molecule has 0 heterocycles. The van der Waals surface area contributed by atoms with Crippen LogP contribution in [-0.4, -0.2) is 18.2 Å². The van der Waals surface area contributed by atoms with Gasteiger partial charge in [0.15, 0.2) is 0 Å². The summed E-state index contributed by atoms with van der Waals surface area (Å²) in [4.78, 5) is 11.0. The number of esters is 1. The first kappa shape index (κ1) is 11.7. The largest absolute Gasteiger partial charge is 0.469 e. The van der Waals surface area contributed by atoms with Crippen molar-refractivity contribution in [3.8, 4) is 0 Å². The van der Waals surface area contributed by atoms with Crippen LogP contribution in [0.3, 0.4) is 0 Å². The van der Waals surface area contributed by atoms with E-state index in [4.69, 9.17) is 0 Å². The summed E-state index contributed by atoms with van der Waals surface area (Å²) in [6.07, 6.45) is 0.145. The van der Waals surface area contributed by atoms with Crippen LogP contribution in [0.15, 0.2) is 24.3 Å². The predicted octanol–water partition coefficient (Wildman–Crippen LogP) is 1.85. The number of ether oxygens (including phenoxy) is 1. The molecule has 0 saturated heterocycles. The van der Waals surface area contributed by atoms with Gasteiger partial charge in [0.1, 0.15) is 0 Å². The van der Waals surface area contributed by atoms with Crippen molar-refractivity contribution >= 4 is 5.97 Å². The molecule has 1 aromatic carbocycles. The van der Waals surface area contributed by atoms with E-state index in [0.29, 0.717) is 0 Å². The van der Waals surface area contributed by atoms with Crippen LogP contribution < -0.4 is 0 Å². The van der Waals surface area contributed by atoms with Gasteiger partial charge >= 0.3 is 5.97 Å². The minimum absolute atomic E-state index is 0.00364. The number of hydrogen-bond donors (Lipinski definition) is 1. The van der Waals surface area contributed by atoms with E-state index in [2.05, 4.69) is 4.74 Å². The number of aliphatic hydroxyl groups is 1. The summed E-state index contributed by atoms with van der Waals surface area (Å²) in [5, 5.41) is 9.74. The molecule has 3 nitrogen and oxygen atoms in total. The van der Waals surface area contributed by atoms with Crippen molar-refractivity contribution in [1.29, 1.82) is 0 Å². The summed E-state index contributed by atoms with van der Waals surface area (Å²) in [7, 11) is 1.32. The lowest BCUT2D eigenvalue weighted by molar-refractivity contribution is -0.142. The number of aliphatic hydroxyl groups excluding tert-OH is 1. The standard InChI is InChI=1S/C12H16O3/c1-3-9-5-4-6-10(7-9)11(13)8-12(14)15-2/h4-7,11,13H,3,8H2,1-2H3/t11-/m1/s1. The van der Waals surface area contributed by atoms with Gasteiger partial charge in [-0.05, 0) is 17.5 Å². The Bertz CT molecular complexity index is 333. The number of hydrogen-bond acceptors (Lipinski definition) is 3. The van der Waals surface area contributed by atoms with E-state index in [1.807, 2.05) is 31.2 Å². The van der Waals surface area contributed by atoms with Gasteiger partial charge in [-0.3, -0.25) is 4.79 Å². The smallest absolute Gasteiger partial charge is 0.308 e. The summed E-state index contributed by atoms with van der Waals surface area (Å²) in [5.41, 5.74) is 1.91. The van der Waals surface area contributed by atoms with Gasteiger partial charge < -0.3 is 9.84 Å². The molecule has 0 amide bonds. The Morgan fingerprint density at radius 3 is 2.87 bits per heavy atom. The molecule has 0 spiro atoms. The molecule has 0 saturated carbocycles. The molecular weight excluding hydrogens is 192 g/mol. The second-order valence-corrected chi connectivity index (χ2v) is 3.39. The number of aryl methyl sites for hydroxylation is 1. The third kappa shape index (κ3) is 3.36. The lowest BCUT2D eigenvalue weighted by Crippen LogP contribution is -2.08. The van der Waals surface area contributed by atoms with E-state index >= 15 is 0 Å². The molecule has 15 heavy (non-hydrogen) atoms. The SMILES string of the molecule is CCc1cccc([C@H](O)CC(=O)OC)c1. The molecule has 0 unspecified atom stereocenters. The molecule has 0 aliphatic carbocycles. The number of benzene rings is 1. The van der Waals surface area contributed by atoms with Crippen molar-refractivity contribution in [2.45, 2.75) is 25.9 Å². The number of carbonyl (C=O) groups is 1. The zero-order chi connectivity index (χ0) is 11.3. The van der Waals surface area contributed by atoms with Gasteiger partial charge in [0.2, 0.25) is 0 Å². The van der Waals surface area contributed by atoms with Crippen LogP contribution in [-0.2, 0) is 16.0 Å². The van der Waals surface area contributed by atoms with Crippen molar-refractivity contribution < 1.29 is 14.6 Å². The average Bonchev–Trinajstić information content (AvgIpc) is 2.28. The number of methoxy groups -OCH3 is 1. The Labute approximate surface area is 89.7 Å². The topological polar surface area (TPSA) is 46.5 Å². The predicted molar refractivity (Wildman–Crippen MR) is 57.4 cm³/mol. The molecule has 0 radical (unpaired) electrons. The molecule has 1 aromatic rings. The molecule has 1 rings (SSSR count). The van der Waals surface area contributed by atoms with Gasteiger partial charge in [-0.2, -0.15) is 0 Å². The van der Waals surface area contributed by atoms with Crippen molar-refractivity contribution in [1.82, 2.24) is 0 Å². The Kier molecular flexibility index (Phi) is 4.31. The molecule has 0 aromatic heterocycles. The van der Waals surface area contributed by atoms with Gasteiger partial charge in [-0.15, -0.1) is 0 Å². The van der Waals surface area contributed by atoms with Crippen LogP contribution in [0.2, 0.25) is 0 Å². The third-order valence-electron chi connectivity index (χ3n) is 2.33. The van der Waals surface area contributed by atoms with E-state index < -0.39 is 12.1 Å². The summed E-state index contributed by atoms with van der Waals surface area (Å²) in [6.45, 7) is 2.05. The van der Waals surface area contributed by atoms with Gasteiger partial charge in [-0.1, -0.05) is 31.2 Å². The van der Waals surface area contributed by atoms with Crippen LogP contribution in [0.4, 0.5) is 0 Å². The lowest BCUT2D eigenvalue weighted by atomic mass is 10.0. The summed E-state index contributed by atoms with van der Waals surface area (Å²) >= 11 is 0. The van der Waals surface area contributed by atoms with Gasteiger partial charge in [0.25, 0.3) is 0 Å². The Balaban J connectivity index is 2.72. The Morgan fingerprint density at radius 2 is 2.27 bits per heavy atom. The van der Waals surface area contributed by atoms with Crippen molar-refractivity contribution in [3.63, 3.8) is 0 Å². The normalized spacial score (nSPS) is 12.2. The van der Waals surface area contributed by atoms with Crippen LogP contribution in [0, 0.1) is 0 Å². The van der Waals surface area contributed by atoms with Gasteiger partial charge in [-0.25, -0.2) is 0 Å². The summed E-state index contributed by atoms with van der Waals surface area (Å²) in [5.74, 6) is -0.399. The van der Waals surface area contributed by atoms with Gasteiger partial charge in [0, 0.05) is 0 Å². The van der Waals surface area contributed by atoms with E-state index in [1.165, 1.54) is 7.11 Å². The summed E-state index contributed by atoms with van der Waals surface area (Å²) < 4.78 is 4.50. The van der Waals surface area contributed by atoms with Crippen molar-refractivity contribution in [2.75, 3.05) is 7.11 Å². The fourth-order valence-corrected chi connectivity index (χ4v) is 1.38. The average molecular weight is 208 g/mol. The second kappa shape index (κ2) is 5.51. The summed E-state index contributed by atoms with van der Waals surface area (Å²) in [6, 6.07) is 7.60. The highest BCUT2D eigenvalue weighted by Crippen LogP contribution is 2.18. The van der Waals surface area contributed by atoms with Gasteiger partial charge in [0.05, 0.1) is 19.6 Å². The minimum Gasteiger partial charge on any atom is -0.469 e. The first-order valence-electron chi connectivity index (χ1n) is 5.01. The van der Waals surface area contributed by atoms with Crippen molar-refractivity contribution in [2.24, 2.45) is 0 Å². The zero-order valence-electron chi connectivity index (χ0n) is 9.06. The first-order valence-corrected chi connectivity index (χ1v) is 5.01. The van der Waals surface area contributed by atoms with Crippen LogP contribution >= 0.6 is 0 Å². The molecule has 1 N–H and O–H groups in total. The molecule has 0 aliphatic heterocycles. The highest BCUT2D eigenvalue weighted by Gasteiger charge is 2.13. The maximum Gasteiger partial charge on any atom is 0.308 e. The molecule has 0 fully saturated rings. The molecule has 82 valence electrons. The highest BCUT2D eigenvalue weighted by atomic mass is 16.5. The third-order valence-corrected chi connectivity index (χ3v) is 2.33. The maximum atomic E-state index is 11.0. The monoisotopic (exact) mass is 208 g/mol. The van der Waals surface area contributed by atoms with E-state index in [0.717, 1.165) is 17.5 Å². The van der Waals surface area contributed by atoms with E-state index in [1.54, 1.807) is 0 Å². The zero-order valence-corrected chi connectivity index (χ0v) is 9.06. The maximum absolute atomic E-state index is 11.0. The van der Waals surface area contributed by atoms with Crippen LogP contribution in [0.5, 0.6) is 0 Å². The molecule has 1 atom stereocenters. The van der Waals surface area contributed by atoms with Crippen LogP contribution in [0.25, 0.3) is 0 Å². The first-order chi connectivity index (χ1) is 7.17. The minimum atomic E-state index is -0.774. The molecular formula is C12H16O3. The highest BCUT2D eigenvalue weighted by molar-refractivity contribution is 5.70. The fraction of sp³-hybridized carbons (Fsp3) is 0.417. The quantitative estimate of drug-likeness (QED) is 0.768. The Morgan fingerprint density at radius 1 is 1.53 bits per heavy atom. The second-order valence-electron chi connectivity index (χ2n) is 3.39. The van der Waals surface area contributed by atoms with Crippen molar-refractivity contribution in [3.05, 3.63) is 35.4 Å². The fourth-order valence-electron chi connectivity index (χ4n) is 1.38. The molecule has 3 heteroatoms. The van der Waals surface area contributed by atoms with E-state index in [9.17, 15) is 9.90 Å². The Hall–Kier alpha value is -1.35.